The second-order valence-corrected chi connectivity index (χ2v) is 4.07. The van der Waals surface area contributed by atoms with E-state index >= 15 is 0 Å². The third kappa shape index (κ3) is 5.00. The zero-order chi connectivity index (χ0) is 12.7. The lowest BCUT2D eigenvalue weighted by molar-refractivity contribution is 0.0545. The summed E-state index contributed by atoms with van der Waals surface area (Å²) in [5.74, 6) is 0.509. The van der Waals surface area contributed by atoms with Crippen LogP contribution in [-0.2, 0) is 9.47 Å². The van der Waals surface area contributed by atoms with Crippen molar-refractivity contribution in [2.24, 2.45) is 0 Å². The molecule has 6 heteroatoms. The fraction of sp³-hybridized carbons (Fsp3) is 0.455. The van der Waals surface area contributed by atoms with Gasteiger partial charge in [-0.3, -0.25) is 0 Å². The average molecular weight is 280 g/mol. The SMILES string of the molecule is COCCOCCOc1cc(Cl)c(Cl)cc1N. The molecule has 1 aromatic rings. The van der Waals surface area contributed by atoms with E-state index in [1.165, 1.54) is 0 Å². The Labute approximate surface area is 111 Å². The number of nitrogen functional groups attached to an aromatic ring is 1. The molecule has 0 unspecified atom stereocenters. The second kappa shape index (κ2) is 7.61. The van der Waals surface area contributed by atoms with Crippen molar-refractivity contribution in [1.29, 1.82) is 0 Å². The molecule has 0 saturated heterocycles. The quantitative estimate of drug-likeness (QED) is 0.616. The number of hydrogen-bond acceptors (Lipinski definition) is 4. The van der Waals surface area contributed by atoms with Crippen molar-refractivity contribution in [3.63, 3.8) is 0 Å². The summed E-state index contributed by atoms with van der Waals surface area (Å²) >= 11 is 11.7. The monoisotopic (exact) mass is 279 g/mol. The summed E-state index contributed by atoms with van der Waals surface area (Å²) in [7, 11) is 1.62. The van der Waals surface area contributed by atoms with E-state index in [0.29, 0.717) is 47.9 Å². The summed E-state index contributed by atoms with van der Waals surface area (Å²) < 4.78 is 15.5. The third-order valence-electron chi connectivity index (χ3n) is 1.97. The van der Waals surface area contributed by atoms with Crippen molar-refractivity contribution in [1.82, 2.24) is 0 Å². The first-order chi connectivity index (χ1) is 8.15. The van der Waals surface area contributed by atoms with Gasteiger partial charge in [0.1, 0.15) is 12.4 Å². The maximum absolute atomic E-state index is 5.85. The van der Waals surface area contributed by atoms with E-state index < -0.39 is 0 Å². The van der Waals surface area contributed by atoms with Crippen molar-refractivity contribution in [3.05, 3.63) is 22.2 Å². The van der Waals surface area contributed by atoms with Crippen LogP contribution in [0, 0.1) is 0 Å². The van der Waals surface area contributed by atoms with Gasteiger partial charge in [0.05, 0.1) is 35.6 Å². The molecule has 0 aliphatic heterocycles. The zero-order valence-corrected chi connectivity index (χ0v) is 11.1. The molecule has 1 rings (SSSR count). The van der Waals surface area contributed by atoms with Gasteiger partial charge in [0.2, 0.25) is 0 Å². The van der Waals surface area contributed by atoms with Crippen LogP contribution in [0.5, 0.6) is 5.75 Å². The lowest BCUT2D eigenvalue weighted by Gasteiger charge is -2.10. The predicted octanol–water partition coefficient (Wildman–Crippen LogP) is 2.62. The van der Waals surface area contributed by atoms with Gasteiger partial charge in [-0.15, -0.1) is 0 Å². The molecule has 1 aromatic carbocycles. The van der Waals surface area contributed by atoms with Crippen LogP contribution >= 0.6 is 23.2 Å². The predicted molar refractivity (Wildman–Crippen MR) is 69.1 cm³/mol. The standard InChI is InChI=1S/C11H15Cl2NO3/c1-15-2-3-16-4-5-17-11-7-9(13)8(12)6-10(11)14/h6-7H,2-5,14H2,1H3. The van der Waals surface area contributed by atoms with Gasteiger partial charge in [0.15, 0.2) is 0 Å². The van der Waals surface area contributed by atoms with E-state index in [4.69, 9.17) is 43.1 Å². The number of ether oxygens (including phenoxy) is 3. The molecule has 0 fully saturated rings. The maximum Gasteiger partial charge on any atom is 0.143 e. The second-order valence-electron chi connectivity index (χ2n) is 3.26. The number of benzene rings is 1. The van der Waals surface area contributed by atoms with Crippen LogP contribution in [0.1, 0.15) is 0 Å². The molecule has 0 atom stereocenters. The third-order valence-corrected chi connectivity index (χ3v) is 2.69. The highest BCUT2D eigenvalue weighted by Gasteiger charge is 2.05. The van der Waals surface area contributed by atoms with E-state index in [0.717, 1.165) is 0 Å². The first-order valence-electron chi connectivity index (χ1n) is 5.09. The molecular weight excluding hydrogens is 265 g/mol. The smallest absolute Gasteiger partial charge is 0.143 e. The maximum atomic E-state index is 5.85. The number of rotatable bonds is 7. The Balaban J connectivity index is 2.34. The van der Waals surface area contributed by atoms with Gasteiger partial charge in [-0.2, -0.15) is 0 Å². The van der Waals surface area contributed by atoms with Gasteiger partial charge in [0.25, 0.3) is 0 Å². The zero-order valence-electron chi connectivity index (χ0n) is 9.54. The Kier molecular flexibility index (Phi) is 6.44. The summed E-state index contributed by atoms with van der Waals surface area (Å²) in [4.78, 5) is 0. The fourth-order valence-corrected chi connectivity index (χ4v) is 1.45. The van der Waals surface area contributed by atoms with Crippen LogP contribution in [0.15, 0.2) is 12.1 Å². The van der Waals surface area contributed by atoms with Crippen LogP contribution in [0.3, 0.4) is 0 Å². The Morgan fingerprint density at radius 1 is 1.06 bits per heavy atom. The molecule has 0 amide bonds. The van der Waals surface area contributed by atoms with E-state index in [2.05, 4.69) is 0 Å². The first-order valence-corrected chi connectivity index (χ1v) is 5.84. The highest BCUT2D eigenvalue weighted by atomic mass is 35.5. The van der Waals surface area contributed by atoms with Crippen molar-refractivity contribution in [2.75, 3.05) is 39.3 Å². The van der Waals surface area contributed by atoms with E-state index in [9.17, 15) is 0 Å². The van der Waals surface area contributed by atoms with Crippen LogP contribution in [-0.4, -0.2) is 33.5 Å². The molecule has 2 N–H and O–H groups in total. The van der Waals surface area contributed by atoms with Gasteiger partial charge < -0.3 is 19.9 Å². The van der Waals surface area contributed by atoms with Crippen molar-refractivity contribution in [3.8, 4) is 5.75 Å². The number of hydrogen-bond donors (Lipinski definition) is 1. The van der Waals surface area contributed by atoms with E-state index in [1.54, 1.807) is 19.2 Å². The first kappa shape index (κ1) is 14.4. The molecule has 17 heavy (non-hydrogen) atoms. The lowest BCUT2D eigenvalue weighted by atomic mass is 10.3. The Bertz CT molecular complexity index is 361. The van der Waals surface area contributed by atoms with Crippen LogP contribution < -0.4 is 10.5 Å². The van der Waals surface area contributed by atoms with Crippen LogP contribution in [0.2, 0.25) is 10.0 Å². The van der Waals surface area contributed by atoms with Gasteiger partial charge >= 0.3 is 0 Å². The van der Waals surface area contributed by atoms with Crippen LogP contribution in [0.4, 0.5) is 5.69 Å². The molecule has 0 aliphatic rings. The Morgan fingerprint density at radius 2 is 1.71 bits per heavy atom. The molecule has 0 saturated carbocycles. The molecule has 0 spiro atoms. The van der Waals surface area contributed by atoms with Crippen molar-refractivity contribution >= 4 is 28.9 Å². The van der Waals surface area contributed by atoms with Crippen LogP contribution in [0.25, 0.3) is 0 Å². The largest absolute Gasteiger partial charge is 0.489 e. The minimum Gasteiger partial charge on any atom is -0.489 e. The highest BCUT2D eigenvalue weighted by molar-refractivity contribution is 6.42. The van der Waals surface area contributed by atoms with Gasteiger partial charge in [-0.1, -0.05) is 23.2 Å². The molecule has 0 aliphatic carbocycles. The summed E-state index contributed by atoms with van der Waals surface area (Å²) in [5.41, 5.74) is 6.18. The number of anilines is 1. The molecule has 0 heterocycles. The fourth-order valence-electron chi connectivity index (χ4n) is 1.12. The highest BCUT2D eigenvalue weighted by Crippen LogP contribution is 2.32. The minimum atomic E-state index is 0.395. The summed E-state index contributed by atoms with van der Waals surface area (Å²) in [6.45, 7) is 1.96. The molecule has 96 valence electrons. The average Bonchev–Trinajstić information content (AvgIpc) is 2.30. The summed E-state index contributed by atoms with van der Waals surface area (Å²) in [6.07, 6.45) is 0. The molecule has 0 aromatic heterocycles. The van der Waals surface area contributed by atoms with Crippen molar-refractivity contribution in [2.45, 2.75) is 0 Å². The molecule has 0 bridgehead atoms. The number of methoxy groups -OCH3 is 1. The van der Waals surface area contributed by atoms with Crippen molar-refractivity contribution < 1.29 is 14.2 Å². The molecule has 4 nitrogen and oxygen atoms in total. The Morgan fingerprint density at radius 3 is 2.41 bits per heavy atom. The molecule has 0 radical (unpaired) electrons. The number of nitrogens with two attached hydrogens (primary N) is 1. The normalized spacial score (nSPS) is 10.5. The molecular formula is C11H15Cl2NO3. The van der Waals surface area contributed by atoms with Gasteiger partial charge in [-0.05, 0) is 6.07 Å². The van der Waals surface area contributed by atoms with E-state index in [1.807, 2.05) is 0 Å². The van der Waals surface area contributed by atoms with E-state index in [-0.39, 0.29) is 0 Å². The van der Waals surface area contributed by atoms with Gasteiger partial charge in [0, 0.05) is 13.2 Å². The Hall–Kier alpha value is -0.680. The number of halogens is 2. The van der Waals surface area contributed by atoms with Gasteiger partial charge in [-0.25, -0.2) is 0 Å². The minimum absolute atomic E-state index is 0.395. The summed E-state index contributed by atoms with van der Waals surface area (Å²) in [5, 5.41) is 0.823. The topological polar surface area (TPSA) is 53.7 Å². The summed E-state index contributed by atoms with van der Waals surface area (Å²) in [6, 6.07) is 3.15. The lowest BCUT2D eigenvalue weighted by Crippen LogP contribution is -2.10.